The summed E-state index contributed by atoms with van der Waals surface area (Å²) in [6.45, 7) is 3.67. The van der Waals surface area contributed by atoms with E-state index in [4.69, 9.17) is 9.47 Å². The fraction of sp³-hybridized carbons (Fsp3) is 0.780. The molecular formula is C59H105NO8. The first-order valence-electron chi connectivity index (χ1n) is 28.2. The van der Waals surface area contributed by atoms with Crippen molar-refractivity contribution >= 4 is 5.91 Å². The highest BCUT2D eigenvalue weighted by molar-refractivity contribution is 5.76. The number of hydrogen-bond acceptors (Lipinski definition) is 8. The van der Waals surface area contributed by atoms with Gasteiger partial charge in [0.1, 0.15) is 24.4 Å². The third-order valence-corrected chi connectivity index (χ3v) is 13.0. The number of aliphatic hydroxyl groups excluding tert-OH is 5. The average molecular weight is 956 g/mol. The fourth-order valence-corrected chi connectivity index (χ4v) is 8.60. The predicted octanol–water partition coefficient (Wildman–Crippen LogP) is 13.7. The van der Waals surface area contributed by atoms with Gasteiger partial charge in [0.15, 0.2) is 6.29 Å². The lowest BCUT2D eigenvalue weighted by molar-refractivity contribution is -0.302. The van der Waals surface area contributed by atoms with Crippen LogP contribution in [-0.4, -0.2) is 87.5 Å². The molecular weight excluding hydrogens is 851 g/mol. The molecule has 0 spiro atoms. The molecule has 1 amide bonds. The van der Waals surface area contributed by atoms with Crippen LogP contribution in [0.4, 0.5) is 0 Å². The van der Waals surface area contributed by atoms with Crippen LogP contribution in [0, 0.1) is 0 Å². The second kappa shape index (κ2) is 48.3. The third-order valence-electron chi connectivity index (χ3n) is 13.0. The van der Waals surface area contributed by atoms with Crippen LogP contribution in [-0.2, 0) is 14.3 Å². The molecule has 394 valence electrons. The van der Waals surface area contributed by atoms with Gasteiger partial charge in [0.05, 0.1) is 25.4 Å². The molecule has 1 saturated heterocycles. The van der Waals surface area contributed by atoms with Gasteiger partial charge in [-0.1, -0.05) is 241 Å². The van der Waals surface area contributed by atoms with Gasteiger partial charge in [0.2, 0.25) is 5.91 Å². The summed E-state index contributed by atoms with van der Waals surface area (Å²) in [6.07, 6.45) is 59.5. The maximum absolute atomic E-state index is 13.1. The minimum absolute atomic E-state index is 0.184. The van der Waals surface area contributed by atoms with Crippen molar-refractivity contribution < 1.29 is 39.8 Å². The van der Waals surface area contributed by atoms with Crippen LogP contribution in [0.25, 0.3) is 0 Å². The second-order valence-corrected chi connectivity index (χ2v) is 19.4. The molecule has 1 fully saturated rings. The highest BCUT2D eigenvalue weighted by Crippen LogP contribution is 2.23. The Bertz CT molecular complexity index is 1290. The second-order valence-electron chi connectivity index (χ2n) is 19.4. The van der Waals surface area contributed by atoms with Crippen molar-refractivity contribution in [2.24, 2.45) is 0 Å². The van der Waals surface area contributed by atoms with E-state index >= 15 is 0 Å². The van der Waals surface area contributed by atoms with Crippen molar-refractivity contribution in [3.63, 3.8) is 0 Å². The SMILES string of the molecule is CC/C=C\C/C=C\C/C=C\C/C=C\C/C=C\CCCCCCCCCCCC(=O)NC(COC1OC(CO)C(O)C(O)C1O)C(O)/C=C/CCCCCCCCCCCCCCCCCCCC. The Labute approximate surface area is 417 Å². The first-order chi connectivity index (χ1) is 33.3. The Balaban J connectivity index is 2.26. The number of amides is 1. The zero-order chi connectivity index (χ0) is 49.4. The number of carbonyl (C=O) groups is 1. The largest absolute Gasteiger partial charge is 0.394 e. The van der Waals surface area contributed by atoms with E-state index < -0.39 is 49.5 Å². The van der Waals surface area contributed by atoms with E-state index in [2.05, 4.69) is 79.9 Å². The first-order valence-corrected chi connectivity index (χ1v) is 28.2. The van der Waals surface area contributed by atoms with Crippen molar-refractivity contribution in [3.8, 4) is 0 Å². The monoisotopic (exact) mass is 956 g/mol. The van der Waals surface area contributed by atoms with E-state index in [-0.39, 0.29) is 12.5 Å². The number of allylic oxidation sites excluding steroid dienone is 11. The third kappa shape index (κ3) is 37.5. The topological polar surface area (TPSA) is 149 Å². The van der Waals surface area contributed by atoms with E-state index in [0.29, 0.717) is 6.42 Å². The van der Waals surface area contributed by atoms with E-state index in [1.807, 2.05) is 6.08 Å². The molecule has 1 heterocycles. The summed E-state index contributed by atoms with van der Waals surface area (Å²) < 4.78 is 11.3. The van der Waals surface area contributed by atoms with Gasteiger partial charge in [-0.3, -0.25) is 4.79 Å². The van der Waals surface area contributed by atoms with Crippen molar-refractivity contribution in [1.82, 2.24) is 5.32 Å². The molecule has 0 saturated carbocycles. The average Bonchev–Trinajstić information content (AvgIpc) is 3.34. The normalized spacial score (nSPS) is 20.1. The Morgan fingerprint density at radius 2 is 0.912 bits per heavy atom. The Morgan fingerprint density at radius 1 is 0.515 bits per heavy atom. The Morgan fingerprint density at radius 3 is 1.35 bits per heavy atom. The molecule has 9 nitrogen and oxygen atoms in total. The van der Waals surface area contributed by atoms with Crippen LogP contribution in [0.15, 0.2) is 72.9 Å². The molecule has 0 aliphatic carbocycles. The van der Waals surface area contributed by atoms with Gasteiger partial charge in [-0.25, -0.2) is 0 Å². The predicted molar refractivity (Wildman–Crippen MR) is 285 cm³/mol. The Hall–Kier alpha value is -2.37. The first kappa shape index (κ1) is 63.6. The van der Waals surface area contributed by atoms with E-state index in [1.54, 1.807) is 6.08 Å². The number of ether oxygens (including phenoxy) is 2. The summed E-state index contributed by atoms with van der Waals surface area (Å²) in [5, 5.41) is 54.5. The molecule has 1 rings (SSSR count). The molecule has 7 atom stereocenters. The summed E-state index contributed by atoms with van der Waals surface area (Å²) in [5.74, 6) is -0.184. The minimum Gasteiger partial charge on any atom is -0.394 e. The molecule has 7 unspecified atom stereocenters. The summed E-state index contributed by atoms with van der Waals surface area (Å²) in [5.41, 5.74) is 0. The summed E-state index contributed by atoms with van der Waals surface area (Å²) in [7, 11) is 0. The van der Waals surface area contributed by atoms with Crippen LogP contribution in [0.3, 0.4) is 0 Å². The minimum atomic E-state index is -1.57. The number of nitrogens with one attached hydrogen (secondary N) is 1. The molecule has 1 aliphatic rings. The van der Waals surface area contributed by atoms with Crippen LogP contribution in [0.1, 0.15) is 239 Å². The summed E-state index contributed by atoms with van der Waals surface area (Å²) in [4.78, 5) is 13.1. The van der Waals surface area contributed by atoms with E-state index in [0.717, 1.165) is 83.5 Å². The van der Waals surface area contributed by atoms with Gasteiger partial charge >= 0.3 is 0 Å². The molecule has 0 aromatic heterocycles. The smallest absolute Gasteiger partial charge is 0.220 e. The number of rotatable bonds is 47. The molecule has 68 heavy (non-hydrogen) atoms. The van der Waals surface area contributed by atoms with Gasteiger partial charge in [0, 0.05) is 6.42 Å². The molecule has 1 aliphatic heterocycles. The van der Waals surface area contributed by atoms with Gasteiger partial charge < -0.3 is 40.3 Å². The lowest BCUT2D eigenvalue weighted by atomic mass is 9.99. The van der Waals surface area contributed by atoms with Gasteiger partial charge in [0.25, 0.3) is 0 Å². The fourth-order valence-electron chi connectivity index (χ4n) is 8.60. The van der Waals surface area contributed by atoms with Crippen LogP contribution in [0.5, 0.6) is 0 Å². The van der Waals surface area contributed by atoms with E-state index in [1.165, 1.54) is 135 Å². The van der Waals surface area contributed by atoms with Crippen molar-refractivity contribution in [2.75, 3.05) is 13.2 Å². The zero-order valence-corrected chi connectivity index (χ0v) is 43.6. The summed E-state index contributed by atoms with van der Waals surface area (Å²) in [6, 6.07) is -0.813. The molecule has 0 aromatic rings. The Kier molecular flexibility index (Phi) is 45.2. The van der Waals surface area contributed by atoms with E-state index in [9.17, 15) is 30.3 Å². The van der Waals surface area contributed by atoms with Gasteiger partial charge in [-0.05, 0) is 64.2 Å². The van der Waals surface area contributed by atoms with Gasteiger partial charge in [-0.2, -0.15) is 0 Å². The molecule has 0 radical (unpaired) electrons. The van der Waals surface area contributed by atoms with Crippen molar-refractivity contribution in [2.45, 2.75) is 281 Å². The number of carbonyl (C=O) groups excluding carboxylic acids is 1. The standard InChI is InChI=1S/C59H105NO8/c1-3-5-7-9-11-13-15-17-19-21-23-25-26-27-28-29-31-33-35-37-39-41-43-45-47-49-55(63)60-52(51-67-59-58(66)57(65)56(64)54(50-61)68-59)53(62)48-46-44-42-40-38-36-34-32-30-24-22-20-18-16-14-12-10-8-6-4-2/h5,7,11,13,17,19,23,25,27-28,46,48,52-54,56-59,61-62,64-66H,3-4,6,8-10,12,14-16,18,20-22,24,26,29-45,47,49-51H2,1-2H3,(H,60,63)/b7-5-,13-11-,19-17-,25-23-,28-27-,48-46+. The molecule has 6 N–H and O–H groups in total. The van der Waals surface area contributed by atoms with Crippen LogP contribution >= 0.6 is 0 Å². The zero-order valence-electron chi connectivity index (χ0n) is 43.6. The number of aliphatic hydroxyl groups is 5. The highest BCUT2D eigenvalue weighted by atomic mass is 16.7. The van der Waals surface area contributed by atoms with Crippen LogP contribution < -0.4 is 5.32 Å². The number of unbranched alkanes of at least 4 members (excludes halogenated alkanes) is 27. The lowest BCUT2D eigenvalue weighted by Crippen LogP contribution is -2.60. The lowest BCUT2D eigenvalue weighted by Gasteiger charge is -2.40. The summed E-state index contributed by atoms with van der Waals surface area (Å²) >= 11 is 0. The maximum Gasteiger partial charge on any atom is 0.220 e. The molecule has 0 aromatic carbocycles. The maximum atomic E-state index is 13.1. The van der Waals surface area contributed by atoms with Gasteiger partial charge in [-0.15, -0.1) is 0 Å². The van der Waals surface area contributed by atoms with Crippen molar-refractivity contribution in [1.29, 1.82) is 0 Å². The van der Waals surface area contributed by atoms with Crippen LogP contribution in [0.2, 0.25) is 0 Å². The highest BCUT2D eigenvalue weighted by Gasteiger charge is 2.44. The molecule has 9 heteroatoms. The van der Waals surface area contributed by atoms with Crippen molar-refractivity contribution in [3.05, 3.63) is 72.9 Å². The quantitative estimate of drug-likeness (QED) is 0.0261. The molecule has 0 bridgehead atoms. The number of hydrogen-bond donors (Lipinski definition) is 6.